The molecule has 1 aliphatic rings. The molecule has 1 unspecified atom stereocenters. The Kier molecular flexibility index (Phi) is 5.59. The van der Waals surface area contributed by atoms with Crippen molar-refractivity contribution in [2.75, 3.05) is 26.2 Å². The fourth-order valence-corrected chi connectivity index (χ4v) is 2.40. The van der Waals surface area contributed by atoms with E-state index in [1.165, 1.54) is 4.90 Å². The maximum Gasteiger partial charge on any atom is 0.471 e. The molecule has 2 N–H and O–H groups in total. The van der Waals surface area contributed by atoms with E-state index in [1.54, 1.807) is 30.3 Å². The van der Waals surface area contributed by atoms with Gasteiger partial charge in [0.05, 0.1) is 0 Å². The van der Waals surface area contributed by atoms with Crippen molar-refractivity contribution >= 4 is 11.8 Å². The molecule has 1 heterocycles. The maximum absolute atomic E-state index is 12.5. The van der Waals surface area contributed by atoms with Gasteiger partial charge in [0.25, 0.3) is 0 Å². The lowest BCUT2D eigenvalue weighted by molar-refractivity contribution is -0.175. The van der Waals surface area contributed by atoms with E-state index in [0.717, 1.165) is 0 Å². The highest BCUT2D eigenvalue weighted by Gasteiger charge is 2.41. The number of hydrogen-bond acceptors (Lipinski definition) is 3. The first-order chi connectivity index (χ1) is 10.9. The average Bonchev–Trinajstić information content (AvgIpc) is 2.54. The van der Waals surface area contributed by atoms with Crippen molar-refractivity contribution in [3.8, 4) is 0 Å². The molecular weight excluding hydrogens is 311 g/mol. The molecule has 1 aromatic rings. The lowest BCUT2D eigenvalue weighted by Crippen LogP contribution is -2.56. The highest BCUT2D eigenvalue weighted by atomic mass is 19.4. The summed E-state index contributed by atoms with van der Waals surface area (Å²) in [7, 11) is 0. The summed E-state index contributed by atoms with van der Waals surface area (Å²) in [5.74, 6) is -2.59. The van der Waals surface area contributed by atoms with Crippen LogP contribution in [0.1, 0.15) is 5.56 Å². The van der Waals surface area contributed by atoms with E-state index in [2.05, 4.69) is 5.32 Å². The van der Waals surface area contributed by atoms with Gasteiger partial charge in [0.2, 0.25) is 5.91 Å². The van der Waals surface area contributed by atoms with Crippen molar-refractivity contribution < 1.29 is 22.8 Å². The molecule has 2 amide bonds. The molecule has 8 heteroatoms. The van der Waals surface area contributed by atoms with Crippen LogP contribution in [0.3, 0.4) is 0 Å². The number of alkyl halides is 3. The molecule has 0 saturated carbocycles. The summed E-state index contributed by atoms with van der Waals surface area (Å²) in [6.45, 7) is 1.98. The summed E-state index contributed by atoms with van der Waals surface area (Å²) in [4.78, 5) is 25.2. The number of nitrogens with one attached hydrogen (secondary N) is 2. The number of carbonyl (C=O) groups is 2. The number of nitrogens with zero attached hydrogens (tertiary/aromatic N) is 1. The van der Waals surface area contributed by atoms with E-state index in [4.69, 9.17) is 0 Å². The summed E-state index contributed by atoms with van der Waals surface area (Å²) in [5, 5.41) is 4.89. The SMILES string of the molecule is O=C(C(Cc1ccccc1)NC(=O)C(F)(F)F)N1CCNCC1. The third-order valence-corrected chi connectivity index (χ3v) is 3.57. The van der Waals surface area contributed by atoms with Crippen LogP contribution in [0.25, 0.3) is 0 Å². The second-order valence-corrected chi connectivity index (χ2v) is 5.29. The molecule has 0 bridgehead atoms. The minimum absolute atomic E-state index is 0.0193. The second kappa shape index (κ2) is 7.45. The predicted molar refractivity (Wildman–Crippen MR) is 77.6 cm³/mol. The van der Waals surface area contributed by atoms with E-state index in [9.17, 15) is 22.8 Å². The molecule has 23 heavy (non-hydrogen) atoms. The molecule has 1 saturated heterocycles. The maximum atomic E-state index is 12.5. The Morgan fingerprint density at radius 3 is 2.35 bits per heavy atom. The van der Waals surface area contributed by atoms with E-state index in [1.807, 2.05) is 5.32 Å². The van der Waals surface area contributed by atoms with Crippen LogP contribution in [0.2, 0.25) is 0 Å². The summed E-state index contributed by atoms with van der Waals surface area (Å²) >= 11 is 0. The largest absolute Gasteiger partial charge is 0.471 e. The average molecular weight is 329 g/mol. The number of carbonyl (C=O) groups excluding carboxylic acids is 2. The van der Waals surface area contributed by atoms with Crippen LogP contribution in [0.4, 0.5) is 13.2 Å². The van der Waals surface area contributed by atoms with E-state index in [0.29, 0.717) is 31.7 Å². The van der Waals surface area contributed by atoms with E-state index < -0.39 is 24.0 Å². The van der Waals surface area contributed by atoms with Crippen LogP contribution >= 0.6 is 0 Å². The number of benzene rings is 1. The molecule has 0 aliphatic carbocycles. The van der Waals surface area contributed by atoms with E-state index in [-0.39, 0.29) is 6.42 Å². The molecule has 1 atom stereocenters. The Bertz CT molecular complexity index is 543. The predicted octanol–water partition coefficient (Wildman–Crippen LogP) is 0.708. The van der Waals surface area contributed by atoms with Gasteiger partial charge in [-0.25, -0.2) is 0 Å². The molecule has 0 radical (unpaired) electrons. The molecule has 1 aliphatic heterocycles. The Hall–Kier alpha value is -2.09. The van der Waals surface area contributed by atoms with Crippen molar-refractivity contribution in [3.63, 3.8) is 0 Å². The van der Waals surface area contributed by atoms with Crippen LogP contribution in [-0.4, -0.2) is 55.1 Å². The van der Waals surface area contributed by atoms with Crippen LogP contribution in [0.5, 0.6) is 0 Å². The molecule has 126 valence electrons. The normalized spacial score (nSPS) is 16.7. The Morgan fingerprint density at radius 1 is 1.17 bits per heavy atom. The van der Waals surface area contributed by atoms with Gasteiger partial charge in [-0.3, -0.25) is 9.59 Å². The number of halogens is 3. The number of rotatable bonds is 4. The highest BCUT2D eigenvalue weighted by Crippen LogP contribution is 2.16. The summed E-state index contributed by atoms with van der Waals surface area (Å²) in [6, 6.07) is 7.41. The van der Waals surface area contributed by atoms with Crippen molar-refractivity contribution in [2.24, 2.45) is 0 Å². The molecule has 0 spiro atoms. The quantitative estimate of drug-likeness (QED) is 0.855. The molecule has 1 fully saturated rings. The van der Waals surface area contributed by atoms with Crippen molar-refractivity contribution in [1.82, 2.24) is 15.5 Å². The molecular formula is C15H18F3N3O2. The van der Waals surface area contributed by atoms with Crippen molar-refractivity contribution in [3.05, 3.63) is 35.9 Å². The van der Waals surface area contributed by atoms with Gasteiger partial charge < -0.3 is 15.5 Å². The minimum atomic E-state index is -5.02. The standard InChI is InChI=1S/C15H18F3N3O2/c16-15(17,18)14(23)20-12(10-11-4-2-1-3-5-11)13(22)21-8-6-19-7-9-21/h1-5,12,19H,6-10H2,(H,20,23). The fraction of sp³-hybridized carbons (Fsp3) is 0.467. The topological polar surface area (TPSA) is 61.4 Å². The van der Waals surface area contributed by atoms with Crippen molar-refractivity contribution in [1.29, 1.82) is 0 Å². The first kappa shape index (κ1) is 17.3. The Balaban J connectivity index is 2.12. The number of hydrogen-bond donors (Lipinski definition) is 2. The third-order valence-electron chi connectivity index (χ3n) is 3.57. The zero-order valence-electron chi connectivity index (χ0n) is 12.4. The molecule has 2 rings (SSSR count). The van der Waals surface area contributed by atoms with Gasteiger partial charge in [0, 0.05) is 32.6 Å². The van der Waals surface area contributed by atoms with Gasteiger partial charge in [-0.1, -0.05) is 30.3 Å². The first-order valence-corrected chi connectivity index (χ1v) is 7.29. The first-order valence-electron chi connectivity index (χ1n) is 7.29. The number of amides is 2. The van der Waals surface area contributed by atoms with Crippen LogP contribution in [-0.2, 0) is 16.0 Å². The van der Waals surface area contributed by atoms with Crippen molar-refractivity contribution in [2.45, 2.75) is 18.6 Å². The lowest BCUT2D eigenvalue weighted by Gasteiger charge is -2.31. The lowest BCUT2D eigenvalue weighted by atomic mass is 10.0. The van der Waals surface area contributed by atoms with Gasteiger partial charge >= 0.3 is 12.1 Å². The second-order valence-electron chi connectivity index (χ2n) is 5.29. The smallest absolute Gasteiger partial charge is 0.338 e. The Morgan fingerprint density at radius 2 is 1.78 bits per heavy atom. The van der Waals surface area contributed by atoms with Crippen LogP contribution in [0.15, 0.2) is 30.3 Å². The minimum Gasteiger partial charge on any atom is -0.338 e. The fourth-order valence-electron chi connectivity index (χ4n) is 2.40. The molecule has 1 aromatic carbocycles. The van der Waals surface area contributed by atoms with Crippen LogP contribution in [0, 0.1) is 0 Å². The highest BCUT2D eigenvalue weighted by molar-refractivity contribution is 5.90. The summed E-state index contributed by atoms with van der Waals surface area (Å²) in [6.07, 6.45) is -5.00. The summed E-state index contributed by atoms with van der Waals surface area (Å²) < 4.78 is 37.5. The molecule has 0 aromatic heterocycles. The monoisotopic (exact) mass is 329 g/mol. The third kappa shape index (κ3) is 4.95. The van der Waals surface area contributed by atoms with Gasteiger partial charge in [-0.2, -0.15) is 13.2 Å². The number of piperazine rings is 1. The molecule has 5 nitrogen and oxygen atoms in total. The van der Waals surface area contributed by atoms with Gasteiger partial charge in [0.1, 0.15) is 6.04 Å². The van der Waals surface area contributed by atoms with Gasteiger partial charge in [-0.15, -0.1) is 0 Å². The van der Waals surface area contributed by atoms with Crippen LogP contribution < -0.4 is 10.6 Å². The van der Waals surface area contributed by atoms with Gasteiger partial charge in [-0.05, 0) is 5.56 Å². The van der Waals surface area contributed by atoms with Gasteiger partial charge in [0.15, 0.2) is 0 Å². The zero-order chi connectivity index (χ0) is 16.9. The Labute approximate surface area is 131 Å². The van der Waals surface area contributed by atoms with E-state index >= 15 is 0 Å². The zero-order valence-corrected chi connectivity index (χ0v) is 12.4. The summed E-state index contributed by atoms with van der Waals surface area (Å²) in [5.41, 5.74) is 0.684.